The number of ether oxygens (including phenoxy) is 4. The van der Waals surface area contributed by atoms with Gasteiger partial charge in [0, 0.05) is 11.8 Å². The molecule has 0 saturated carbocycles. The molecule has 0 spiro atoms. The highest BCUT2D eigenvalue weighted by Crippen LogP contribution is 2.30. The zero-order chi connectivity index (χ0) is 20.4. The second-order valence-corrected chi connectivity index (χ2v) is 5.47. The Morgan fingerprint density at radius 3 is 2.18 bits per heavy atom. The van der Waals surface area contributed by atoms with Crippen molar-refractivity contribution in [2.75, 3.05) is 32.2 Å². The van der Waals surface area contributed by atoms with Crippen molar-refractivity contribution in [3.63, 3.8) is 0 Å². The van der Waals surface area contributed by atoms with Gasteiger partial charge in [-0.3, -0.25) is 10.1 Å². The summed E-state index contributed by atoms with van der Waals surface area (Å²) in [7, 11) is 1.50. The van der Waals surface area contributed by atoms with Gasteiger partial charge in [0.05, 0.1) is 20.3 Å². The van der Waals surface area contributed by atoms with E-state index in [9.17, 15) is 9.59 Å². The molecule has 0 radical (unpaired) electrons. The van der Waals surface area contributed by atoms with Crippen molar-refractivity contribution >= 4 is 17.6 Å². The van der Waals surface area contributed by atoms with E-state index in [1.807, 2.05) is 13.8 Å². The van der Waals surface area contributed by atoms with Crippen LogP contribution in [0.2, 0.25) is 0 Å². The van der Waals surface area contributed by atoms with E-state index in [1.54, 1.807) is 42.5 Å². The number of urea groups is 1. The number of anilines is 1. The average Bonchev–Trinajstić information content (AvgIpc) is 2.69. The van der Waals surface area contributed by atoms with Crippen molar-refractivity contribution in [1.29, 1.82) is 0 Å². The Bertz CT molecular complexity index is 809. The average molecular weight is 388 g/mol. The molecule has 2 N–H and O–H groups in total. The third-order valence-electron chi connectivity index (χ3n) is 3.48. The van der Waals surface area contributed by atoms with Crippen LogP contribution >= 0.6 is 0 Å². The highest BCUT2D eigenvalue weighted by atomic mass is 16.5. The van der Waals surface area contributed by atoms with Crippen LogP contribution in [0.1, 0.15) is 13.8 Å². The smallest absolute Gasteiger partial charge is 0.325 e. The summed E-state index contributed by atoms with van der Waals surface area (Å²) in [5.74, 6) is 1.40. The van der Waals surface area contributed by atoms with Crippen molar-refractivity contribution in [3.8, 4) is 23.0 Å². The second kappa shape index (κ2) is 10.7. The summed E-state index contributed by atoms with van der Waals surface area (Å²) in [6.45, 7) is 4.33. The molecule has 0 bridgehead atoms. The van der Waals surface area contributed by atoms with Crippen molar-refractivity contribution in [1.82, 2.24) is 5.32 Å². The van der Waals surface area contributed by atoms with Crippen LogP contribution in [0.25, 0.3) is 0 Å². The van der Waals surface area contributed by atoms with Gasteiger partial charge in [0.1, 0.15) is 0 Å². The Hall–Kier alpha value is -3.42. The van der Waals surface area contributed by atoms with E-state index in [0.29, 0.717) is 41.9 Å². The molecule has 0 aliphatic carbocycles. The standard InChI is InChI=1S/C20H24N2O6/c1-4-26-17-11-10-14(12-18(17)27-5-2)21-20(24)22-19(23)13-28-16-9-7-6-8-15(16)25-3/h6-12H,4-5,13H2,1-3H3,(H2,21,22,23,24). The predicted octanol–water partition coefficient (Wildman–Crippen LogP) is 3.22. The first-order valence-electron chi connectivity index (χ1n) is 8.83. The zero-order valence-corrected chi connectivity index (χ0v) is 16.1. The fourth-order valence-electron chi connectivity index (χ4n) is 2.34. The highest BCUT2D eigenvalue weighted by Gasteiger charge is 2.12. The van der Waals surface area contributed by atoms with Gasteiger partial charge in [-0.15, -0.1) is 0 Å². The number of amides is 3. The van der Waals surface area contributed by atoms with E-state index in [-0.39, 0.29) is 6.61 Å². The Morgan fingerprint density at radius 2 is 1.50 bits per heavy atom. The maximum absolute atomic E-state index is 12.0. The van der Waals surface area contributed by atoms with Gasteiger partial charge in [-0.05, 0) is 38.1 Å². The molecule has 0 heterocycles. The number of hydrogen-bond donors (Lipinski definition) is 2. The molecular weight excluding hydrogens is 364 g/mol. The van der Waals surface area contributed by atoms with E-state index in [4.69, 9.17) is 18.9 Å². The minimum atomic E-state index is -0.680. The van der Waals surface area contributed by atoms with Crippen LogP contribution in [0, 0.1) is 0 Å². The monoisotopic (exact) mass is 388 g/mol. The number of benzene rings is 2. The Morgan fingerprint density at radius 1 is 0.857 bits per heavy atom. The minimum absolute atomic E-state index is 0.332. The van der Waals surface area contributed by atoms with Gasteiger partial charge in [0.25, 0.3) is 5.91 Å². The summed E-state index contributed by atoms with van der Waals surface area (Å²) >= 11 is 0. The lowest BCUT2D eigenvalue weighted by Crippen LogP contribution is -2.37. The summed E-state index contributed by atoms with van der Waals surface area (Å²) in [5, 5.41) is 4.78. The molecule has 2 aromatic rings. The van der Waals surface area contributed by atoms with Crippen molar-refractivity contribution < 1.29 is 28.5 Å². The van der Waals surface area contributed by atoms with Gasteiger partial charge in [0.2, 0.25) is 0 Å². The molecule has 150 valence electrons. The van der Waals surface area contributed by atoms with E-state index in [1.165, 1.54) is 7.11 Å². The zero-order valence-electron chi connectivity index (χ0n) is 16.1. The number of nitrogens with one attached hydrogen (secondary N) is 2. The number of para-hydroxylation sites is 2. The van der Waals surface area contributed by atoms with Crippen molar-refractivity contribution in [2.45, 2.75) is 13.8 Å². The topological polar surface area (TPSA) is 95.1 Å². The number of hydrogen-bond acceptors (Lipinski definition) is 6. The molecule has 3 amide bonds. The number of methoxy groups -OCH3 is 1. The number of carbonyl (C=O) groups is 2. The van der Waals surface area contributed by atoms with Crippen LogP contribution in [0.3, 0.4) is 0 Å². The molecule has 0 aliphatic rings. The van der Waals surface area contributed by atoms with Gasteiger partial charge in [-0.25, -0.2) is 4.79 Å². The van der Waals surface area contributed by atoms with Gasteiger partial charge in [0.15, 0.2) is 29.6 Å². The molecule has 8 nitrogen and oxygen atoms in total. The Balaban J connectivity index is 1.90. The molecular formula is C20H24N2O6. The first-order valence-corrected chi connectivity index (χ1v) is 8.83. The minimum Gasteiger partial charge on any atom is -0.493 e. The quantitative estimate of drug-likeness (QED) is 0.685. The molecule has 28 heavy (non-hydrogen) atoms. The van der Waals surface area contributed by atoms with E-state index >= 15 is 0 Å². The van der Waals surface area contributed by atoms with Crippen LogP contribution in [0.4, 0.5) is 10.5 Å². The fraction of sp³-hybridized carbons (Fsp3) is 0.300. The summed E-state index contributed by atoms with van der Waals surface area (Å²) in [4.78, 5) is 24.0. The van der Waals surface area contributed by atoms with E-state index in [0.717, 1.165) is 0 Å². The predicted molar refractivity (Wildman–Crippen MR) is 104 cm³/mol. The summed E-state index contributed by atoms with van der Waals surface area (Å²) in [6, 6.07) is 11.2. The van der Waals surface area contributed by atoms with Crippen LogP contribution in [-0.2, 0) is 4.79 Å². The maximum atomic E-state index is 12.0. The van der Waals surface area contributed by atoms with Gasteiger partial charge in [-0.1, -0.05) is 12.1 Å². The largest absolute Gasteiger partial charge is 0.493 e. The number of carbonyl (C=O) groups excluding carboxylic acids is 2. The Labute approximate surface area is 163 Å². The van der Waals surface area contributed by atoms with Gasteiger partial charge >= 0.3 is 6.03 Å². The molecule has 2 aromatic carbocycles. The molecule has 2 rings (SSSR count). The molecule has 0 saturated heterocycles. The van der Waals surface area contributed by atoms with Crippen molar-refractivity contribution in [2.24, 2.45) is 0 Å². The lowest BCUT2D eigenvalue weighted by molar-refractivity contribution is -0.121. The fourth-order valence-corrected chi connectivity index (χ4v) is 2.34. The first-order chi connectivity index (χ1) is 13.6. The number of rotatable bonds is 9. The van der Waals surface area contributed by atoms with E-state index in [2.05, 4.69) is 10.6 Å². The molecule has 8 heteroatoms. The van der Waals surface area contributed by atoms with Crippen molar-refractivity contribution in [3.05, 3.63) is 42.5 Å². The maximum Gasteiger partial charge on any atom is 0.325 e. The Kier molecular flexibility index (Phi) is 7.95. The molecule has 0 aromatic heterocycles. The normalized spacial score (nSPS) is 9.96. The highest BCUT2D eigenvalue weighted by molar-refractivity contribution is 6.01. The van der Waals surface area contributed by atoms with Crippen LogP contribution in [0.15, 0.2) is 42.5 Å². The summed E-state index contributed by atoms with van der Waals surface area (Å²) in [6.07, 6.45) is 0. The summed E-state index contributed by atoms with van der Waals surface area (Å²) in [5.41, 5.74) is 0.461. The molecule has 0 atom stereocenters. The third-order valence-corrected chi connectivity index (χ3v) is 3.48. The van der Waals surface area contributed by atoms with Crippen LogP contribution in [-0.4, -0.2) is 38.9 Å². The van der Waals surface area contributed by atoms with Crippen LogP contribution in [0.5, 0.6) is 23.0 Å². The SMILES string of the molecule is CCOc1ccc(NC(=O)NC(=O)COc2ccccc2OC)cc1OCC. The number of imide groups is 1. The lowest BCUT2D eigenvalue weighted by atomic mass is 10.2. The first kappa shape index (κ1) is 20.9. The van der Waals surface area contributed by atoms with E-state index < -0.39 is 11.9 Å². The third kappa shape index (κ3) is 6.08. The summed E-state index contributed by atoms with van der Waals surface area (Å²) < 4.78 is 21.5. The molecule has 0 unspecified atom stereocenters. The molecule has 0 aliphatic heterocycles. The van der Waals surface area contributed by atoms with Crippen LogP contribution < -0.4 is 29.6 Å². The second-order valence-electron chi connectivity index (χ2n) is 5.47. The lowest BCUT2D eigenvalue weighted by Gasteiger charge is -2.13. The molecule has 0 fully saturated rings. The van der Waals surface area contributed by atoms with Gasteiger partial charge in [-0.2, -0.15) is 0 Å². The van der Waals surface area contributed by atoms with Gasteiger partial charge < -0.3 is 24.3 Å².